The fourth-order valence-electron chi connectivity index (χ4n) is 4.42. The third-order valence-electron chi connectivity index (χ3n) is 6.19. The van der Waals surface area contributed by atoms with E-state index >= 15 is 0 Å². The molecule has 172 valence electrons. The van der Waals surface area contributed by atoms with E-state index in [1.165, 1.54) is 5.56 Å². The molecule has 5 nitrogen and oxygen atoms in total. The lowest BCUT2D eigenvalue weighted by Crippen LogP contribution is -2.35. The van der Waals surface area contributed by atoms with Gasteiger partial charge in [-0.3, -0.25) is 9.88 Å². The number of halogens is 3. The molecule has 2 aliphatic heterocycles. The molecule has 0 aliphatic carbocycles. The van der Waals surface area contributed by atoms with Crippen LogP contribution in [-0.2, 0) is 24.2 Å². The maximum absolute atomic E-state index is 14.4. The van der Waals surface area contributed by atoms with Gasteiger partial charge in [0.25, 0.3) is 0 Å². The van der Waals surface area contributed by atoms with E-state index in [9.17, 15) is 8.78 Å². The lowest BCUT2D eigenvalue weighted by molar-refractivity contribution is 0.0342. The van der Waals surface area contributed by atoms with E-state index in [2.05, 4.69) is 22.0 Å². The van der Waals surface area contributed by atoms with E-state index < -0.39 is 11.6 Å². The maximum atomic E-state index is 14.4. The van der Waals surface area contributed by atoms with E-state index in [1.54, 1.807) is 6.20 Å². The molecule has 0 bridgehead atoms. The summed E-state index contributed by atoms with van der Waals surface area (Å²) in [6, 6.07) is 10.5. The smallest absolute Gasteiger partial charge is 0.151 e. The average molecular weight is 471 g/mol. The van der Waals surface area contributed by atoms with Crippen LogP contribution in [-0.4, -0.2) is 47.7 Å². The number of anilines is 1. The summed E-state index contributed by atoms with van der Waals surface area (Å²) in [5.74, 6) is -0.437. The molecule has 3 heterocycles. The molecule has 0 saturated carbocycles. The van der Waals surface area contributed by atoms with Gasteiger partial charge in [-0.2, -0.15) is 0 Å². The average Bonchev–Trinajstić information content (AvgIpc) is 2.85. The number of benzene rings is 2. The van der Waals surface area contributed by atoms with Gasteiger partial charge in [-0.1, -0.05) is 29.8 Å². The topological polar surface area (TPSA) is 41.5 Å². The van der Waals surface area contributed by atoms with Crippen LogP contribution in [0.4, 0.5) is 14.6 Å². The molecule has 2 aliphatic rings. The number of morpholine rings is 1. The predicted octanol–water partition coefficient (Wildman–Crippen LogP) is 4.86. The molecule has 1 saturated heterocycles. The zero-order valence-electron chi connectivity index (χ0n) is 18.2. The highest BCUT2D eigenvalue weighted by atomic mass is 35.5. The van der Waals surface area contributed by atoms with Crippen LogP contribution >= 0.6 is 11.6 Å². The maximum Gasteiger partial charge on any atom is 0.151 e. The van der Waals surface area contributed by atoms with Gasteiger partial charge in [0.15, 0.2) is 5.82 Å². The van der Waals surface area contributed by atoms with Crippen molar-refractivity contribution < 1.29 is 13.5 Å². The lowest BCUT2D eigenvalue weighted by atomic mass is 10.1. The molecule has 0 unspecified atom stereocenters. The van der Waals surface area contributed by atoms with Crippen LogP contribution in [0.1, 0.15) is 23.2 Å². The van der Waals surface area contributed by atoms with Crippen LogP contribution in [0.3, 0.4) is 0 Å². The minimum atomic E-state index is -0.623. The van der Waals surface area contributed by atoms with Crippen molar-refractivity contribution in [1.82, 2.24) is 14.9 Å². The second kappa shape index (κ2) is 9.71. The van der Waals surface area contributed by atoms with Gasteiger partial charge in [-0.25, -0.2) is 13.8 Å². The summed E-state index contributed by atoms with van der Waals surface area (Å²) in [5.41, 5.74) is 3.96. The molecule has 3 aromatic rings. The number of fused-ring (bicyclic) bond motifs is 1. The molecular formula is C25H25ClF2N4O. The van der Waals surface area contributed by atoms with Crippen molar-refractivity contribution in [2.24, 2.45) is 0 Å². The number of nitrogens with zero attached hydrogens (tertiary/aromatic N) is 4. The molecule has 2 aromatic carbocycles. The van der Waals surface area contributed by atoms with E-state index in [-0.39, 0.29) is 17.1 Å². The second-order valence-electron chi connectivity index (χ2n) is 8.46. The minimum Gasteiger partial charge on any atom is -0.379 e. The number of aryl methyl sites for hydroxylation is 1. The Bertz CT molecular complexity index is 1150. The normalized spacial score (nSPS) is 16.6. The third-order valence-corrected chi connectivity index (χ3v) is 6.60. The van der Waals surface area contributed by atoms with E-state index in [0.717, 1.165) is 74.8 Å². The highest BCUT2D eigenvalue weighted by molar-refractivity contribution is 6.31. The highest BCUT2D eigenvalue weighted by Crippen LogP contribution is 2.31. The van der Waals surface area contributed by atoms with Crippen LogP contribution in [0.25, 0.3) is 11.3 Å². The molecule has 0 N–H and O–H groups in total. The first-order valence-corrected chi connectivity index (χ1v) is 11.6. The zero-order valence-corrected chi connectivity index (χ0v) is 19.0. The largest absolute Gasteiger partial charge is 0.379 e. The molecule has 8 heteroatoms. The van der Waals surface area contributed by atoms with Crippen LogP contribution in [0, 0.1) is 11.6 Å². The SMILES string of the molecule is Fc1ccc(F)c(CN2CCCc3ncc(-c4cccc(CN5CCOCC5)c4)nc32)c1Cl. The Labute approximate surface area is 197 Å². The summed E-state index contributed by atoms with van der Waals surface area (Å²) in [4.78, 5) is 13.9. The molecule has 0 spiro atoms. The molecule has 33 heavy (non-hydrogen) atoms. The first-order valence-electron chi connectivity index (χ1n) is 11.2. The Kier molecular flexibility index (Phi) is 6.53. The number of hydrogen-bond acceptors (Lipinski definition) is 5. The van der Waals surface area contributed by atoms with Gasteiger partial charge < -0.3 is 9.64 Å². The molecule has 0 amide bonds. The lowest BCUT2D eigenvalue weighted by Gasteiger charge is -2.30. The van der Waals surface area contributed by atoms with Gasteiger partial charge >= 0.3 is 0 Å². The first kappa shape index (κ1) is 22.2. The van der Waals surface area contributed by atoms with Crippen LogP contribution in [0.15, 0.2) is 42.6 Å². The van der Waals surface area contributed by atoms with Crippen molar-refractivity contribution in [3.63, 3.8) is 0 Å². The monoisotopic (exact) mass is 470 g/mol. The summed E-state index contributed by atoms with van der Waals surface area (Å²) in [5, 5.41) is -0.179. The van der Waals surface area contributed by atoms with Crippen molar-refractivity contribution in [1.29, 1.82) is 0 Å². The van der Waals surface area contributed by atoms with Crippen LogP contribution in [0.2, 0.25) is 5.02 Å². The summed E-state index contributed by atoms with van der Waals surface area (Å²) in [6.07, 6.45) is 3.46. The van der Waals surface area contributed by atoms with E-state index in [4.69, 9.17) is 21.3 Å². The quantitative estimate of drug-likeness (QED) is 0.498. The summed E-state index contributed by atoms with van der Waals surface area (Å²) >= 11 is 6.08. The van der Waals surface area contributed by atoms with Gasteiger partial charge in [0.1, 0.15) is 11.6 Å². The highest BCUT2D eigenvalue weighted by Gasteiger charge is 2.24. The van der Waals surface area contributed by atoms with Crippen molar-refractivity contribution >= 4 is 17.4 Å². The predicted molar refractivity (Wildman–Crippen MR) is 124 cm³/mol. The van der Waals surface area contributed by atoms with E-state index in [1.807, 2.05) is 17.0 Å². The molecule has 0 radical (unpaired) electrons. The standard InChI is InChI=1S/C25H25ClF2N4O/c26-24-19(20(27)6-7-21(24)28)16-32-8-2-5-22-25(32)30-23(14-29-22)18-4-1-3-17(13-18)15-31-9-11-33-12-10-31/h1,3-4,6-7,13-14H,2,5,8-12,15-16H2. The number of aromatic nitrogens is 2. The van der Waals surface area contributed by atoms with Crippen molar-refractivity contribution in [3.8, 4) is 11.3 Å². The Hall–Kier alpha value is -2.61. The Balaban J connectivity index is 1.42. The summed E-state index contributed by atoms with van der Waals surface area (Å²) < 4.78 is 33.8. The minimum absolute atomic E-state index is 0.143. The zero-order chi connectivity index (χ0) is 22.8. The number of hydrogen-bond donors (Lipinski definition) is 0. The number of rotatable bonds is 5. The third kappa shape index (κ3) is 4.86. The summed E-state index contributed by atoms with van der Waals surface area (Å²) in [6.45, 7) is 5.07. The van der Waals surface area contributed by atoms with Gasteiger partial charge in [-0.15, -0.1) is 0 Å². The molecule has 5 rings (SSSR count). The molecule has 1 aromatic heterocycles. The van der Waals surface area contributed by atoms with Gasteiger partial charge in [0.05, 0.1) is 35.8 Å². The van der Waals surface area contributed by atoms with Gasteiger partial charge in [0.2, 0.25) is 0 Å². The molecular weight excluding hydrogens is 446 g/mol. The van der Waals surface area contributed by atoms with Crippen molar-refractivity contribution in [2.45, 2.75) is 25.9 Å². The second-order valence-corrected chi connectivity index (χ2v) is 8.84. The molecule has 0 atom stereocenters. The van der Waals surface area contributed by atoms with Crippen molar-refractivity contribution in [2.75, 3.05) is 37.7 Å². The fraction of sp³-hybridized carbons (Fsp3) is 0.360. The van der Waals surface area contributed by atoms with Gasteiger partial charge in [0, 0.05) is 43.9 Å². The Morgan fingerprint density at radius 2 is 1.82 bits per heavy atom. The Morgan fingerprint density at radius 1 is 1.00 bits per heavy atom. The van der Waals surface area contributed by atoms with Crippen molar-refractivity contribution in [3.05, 3.63) is 76.1 Å². The Morgan fingerprint density at radius 3 is 2.67 bits per heavy atom. The summed E-state index contributed by atoms with van der Waals surface area (Å²) in [7, 11) is 0. The van der Waals surface area contributed by atoms with Crippen LogP contribution < -0.4 is 4.90 Å². The fourth-order valence-corrected chi connectivity index (χ4v) is 4.63. The van der Waals surface area contributed by atoms with Crippen LogP contribution in [0.5, 0.6) is 0 Å². The first-order chi connectivity index (χ1) is 16.1. The molecule has 1 fully saturated rings. The van der Waals surface area contributed by atoms with E-state index in [0.29, 0.717) is 12.4 Å². The number of ether oxygens (including phenoxy) is 1. The van der Waals surface area contributed by atoms with Gasteiger partial charge in [-0.05, 0) is 36.6 Å².